The van der Waals surface area contributed by atoms with Crippen molar-refractivity contribution in [3.05, 3.63) is 41.1 Å². The molecule has 0 fully saturated rings. The van der Waals surface area contributed by atoms with E-state index < -0.39 is 0 Å². The van der Waals surface area contributed by atoms with Gasteiger partial charge in [-0.25, -0.2) is 0 Å². The minimum Gasteiger partial charge on any atom is -0.356 e. The number of hydrogen-bond donors (Lipinski definition) is 1. The molecule has 0 saturated carbocycles. The van der Waals surface area contributed by atoms with E-state index in [1.807, 2.05) is 0 Å². The number of rotatable bonds is 3. The third-order valence-electron chi connectivity index (χ3n) is 3.67. The van der Waals surface area contributed by atoms with Gasteiger partial charge in [0.2, 0.25) is 0 Å². The summed E-state index contributed by atoms with van der Waals surface area (Å²) in [6, 6.07) is 6.64. The molecule has 1 aromatic carbocycles. The fourth-order valence-corrected chi connectivity index (χ4v) is 2.71. The van der Waals surface area contributed by atoms with Crippen LogP contribution in [0.5, 0.6) is 0 Å². The molecule has 2 aromatic rings. The highest BCUT2D eigenvalue weighted by Gasteiger charge is 2.14. The summed E-state index contributed by atoms with van der Waals surface area (Å²) in [5, 5.41) is 3.90. The zero-order valence-electron chi connectivity index (χ0n) is 10.5. The van der Waals surface area contributed by atoms with Crippen molar-refractivity contribution < 1.29 is 4.52 Å². The number of nitrogens with zero attached hydrogens (tertiary/aromatic N) is 1. The Morgan fingerprint density at radius 2 is 2.00 bits per heavy atom. The van der Waals surface area contributed by atoms with E-state index in [4.69, 9.17) is 10.3 Å². The van der Waals surface area contributed by atoms with Gasteiger partial charge in [-0.05, 0) is 55.8 Å². The second-order valence-electron chi connectivity index (χ2n) is 4.91. The van der Waals surface area contributed by atoms with Crippen molar-refractivity contribution in [3.63, 3.8) is 0 Å². The molecule has 3 heteroatoms. The predicted octanol–water partition coefficient (Wildman–Crippen LogP) is 2.72. The summed E-state index contributed by atoms with van der Waals surface area (Å²) in [7, 11) is 0. The summed E-state index contributed by atoms with van der Waals surface area (Å²) in [5.74, 6) is 0.883. The van der Waals surface area contributed by atoms with Crippen LogP contribution in [0, 0.1) is 0 Å². The molecule has 1 heterocycles. The first-order chi connectivity index (χ1) is 8.88. The zero-order chi connectivity index (χ0) is 12.4. The van der Waals surface area contributed by atoms with Gasteiger partial charge in [0, 0.05) is 11.1 Å². The lowest BCUT2D eigenvalue weighted by atomic mass is 9.89. The molecule has 1 aliphatic carbocycles. The molecule has 3 rings (SSSR count). The number of nitrogens with two attached hydrogens (primary N) is 1. The van der Waals surface area contributed by atoms with Gasteiger partial charge in [-0.2, -0.15) is 0 Å². The summed E-state index contributed by atoms with van der Waals surface area (Å²) in [4.78, 5) is 0. The highest BCUT2D eigenvalue weighted by atomic mass is 16.5. The minimum atomic E-state index is 0.624. The fourth-order valence-electron chi connectivity index (χ4n) is 2.71. The lowest BCUT2D eigenvalue weighted by Gasteiger charge is -2.16. The molecule has 0 unspecified atom stereocenters. The molecule has 0 bridgehead atoms. The first kappa shape index (κ1) is 11.5. The number of benzene rings is 1. The van der Waals surface area contributed by atoms with Gasteiger partial charge in [0.15, 0.2) is 5.76 Å². The molecule has 0 amide bonds. The van der Waals surface area contributed by atoms with Crippen LogP contribution in [0.25, 0.3) is 11.3 Å². The van der Waals surface area contributed by atoms with Crippen molar-refractivity contribution in [2.75, 3.05) is 6.54 Å². The third kappa shape index (κ3) is 2.06. The standard InChI is InChI=1S/C15H18N2O/c16-8-7-14-10-17-18-15(14)13-6-5-11-3-1-2-4-12(11)9-13/h5-6,9-10H,1-4,7-8,16H2. The summed E-state index contributed by atoms with van der Waals surface area (Å²) in [6.07, 6.45) is 7.60. The summed E-state index contributed by atoms with van der Waals surface area (Å²) in [6.45, 7) is 0.624. The maximum Gasteiger partial charge on any atom is 0.170 e. The SMILES string of the molecule is NCCc1cnoc1-c1ccc2c(c1)CCCC2. The van der Waals surface area contributed by atoms with Crippen molar-refractivity contribution in [3.8, 4) is 11.3 Å². The Bertz CT molecular complexity index is 545. The average Bonchev–Trinajstić information content (AvgIpc) is 2.87. The van der Waals surface area contributed by atoms with E-state index in [0.717, 1.165) is 23.3 Å². The molecular weight excluding hydrogens is 224 g/mol. The van der Waals surface area contributed by atoms with Crippen LogP contribution in [-0.2, 0) is 19.3 Å². The first-order valence-electron chi connectivity index (χ1n) is 6.64. The van der Waals surface area contributed by atoms with E-state index in [1.54, 1.807) is 6.20 Å². The number of aromatic nitrogens is 1. The Morgan fingerprint density at radius 1 is 1.17 bits per heavy atom. The van der Waals surface area contributed by atoms with Gasteiger partial charge in [0.05, 0.1) is 6.20 Å². The van der Waals surface area contributed by atoms with Gasteiger partial charge in [0.25, 0.3) is 0 Å². The summed E-state index contributed by atoms with van der Waals surface area (Å²) >= 11 is 0. The van der Waals surface area contributed by atoms with E-state index in [2.05, 4.69) is 23.4 Å². The summed E-state index contributed by atoms with van der Waals surface area (Å²) < 4.78 is 5.39. The number of fused-ring (bicyclic) bond motifs is 1. The van der Waals surface area contributed by atoms with E-state index in [0.29, 0.717) is 6.54 Å². The quantitative estimate of drug-likeness (QED) is 0.900. The van der Waals surface area contributed by atoms with Crippen LogP contribution in [-0.4, -0.2) is 11.7 Å². The Balaban J connectivity index is 1.98. The van der Waals surface area contributed by atoms with Gasteiger partial charge < -0.3 is 10.3 Å². The summed E-state index contributed by atoms with van der Waals surface area (Å²) in [5.41, 5.74) is 10.8. The van der Waals surface area contributed by atoms with Gasteiger partial charge in [0.1, 0.15) is 0 Å². The van der Waals surface area contributed by atoms with Crippen LogP contribution in [0.4, 0.5) is 0 Å². The van der Waals surface area contributed by atoms with Gasteiger partial charge >= 0.3 is 0 Å². The molecular formula is C15H18N2O. The van der Waals surface area contributed by atoms with Crippen LogP contribution >= 0.6 is 0 Å². The Morgan fingerprint density at radius 3 is 2.83 bits per heavy atom. The van der Waals surface area contributed by atoms with E-state index in [-0.39, 0.29) is 0 Å². The van der Waals surface area contributed by atoms with Crippen LogP contribution in [0.1, 0.15) is 29.5 Å². The molecule has 18 heavy (non-hydrogen) atoms. The maximum absolute atomic E-state index is 5.61. The fraction of sp³-hybridized carbons (Fsp3) is 0.400. The monoisotopic (exact) mass is 242 g/mol. The zero-order valence-corrected chi connectivity index (χ0v) is 10.5. The van der Waals surface area contributed by atoms with Gasteiger partial charge in [-0.15, -0.1) is 0 Å². The normalized spacial score (nSPS) is 14.5. The first-order valence-corrected chi connectivity index (χ1v) is 6.64. The highest BCUT2D eigenvalue weighted by molar-refractivity contribution is 5.62. The molecule has 2 N–H and O–H groups in total. The number of aryl methyl sites for hydroxylation is 2. The third-order valence-corrected chi connectivity index (χ3v) is 3.67. The topological polar surface area (TPSA) is 52.0 Å². The van der Waals surface area contributed by atoms with Crippen molar-refractivity contribution in [2.45, 2.75) is 32.1 Å². The van der Waals surface area contributed by atoms with E-state index >= 15 is 0 Å². The van der Waals surface area contributed by atoms with E-state index in [1.165, 1.54) is 36.8 Å². The molecule has 0 atom stereocenters. The van der Waals surface area contributed by atoms with Gasteiger partial charge in [-0.1, -0.05) is 17.3 Å². The Hall–Kier alpha value is -1.61. The van der Waals surface area contributed by atoms with E-state index in [9.17, 15) is 0 Å². The molecule has 0 aliphatic heterocycles. The largest absolute Gasteiger partial charge is 0.356 e. The molecule has 0 spiro atoms. The molecule has 0 radical (unpaired) electrons. The Labute approximate surface area is 107 Å². The van der Waals surface area contributed by atoms with Crippen LogP contribution in [0.2, 0.25) is 0 Å². The Kier molecular flexibility index (Phi) is 3.15. The number of hydrogen-bond acceptors (Lipinski definition) is 3. The molecule has 1 aromatic heterocycles. The average molecular weight is 242 g/mol. The minimum absolute atomic E-state index is 0.624. The smallest absolute Gasteiger partial charge is 0.170 e. The van der Waals surface area contributed by atoms with Crippen molar-refractivity contribution in [1.82, 2.24) is 5.16 Å². The second-order valence-corrected chi connectivity index (χ2v) is 4.91. The predicted molar refractivity (Wildman–Crippen MR) is 71.3 cm³/mol. The lowest BCUT2D eigenvalue weighted by molar-refractivity contribution is 0.431. The lowest BCUT2D eigenvalue weighted by Crippen LogP contribution is -2.04. The van der Waals surface area contributed by atoms with Crippen LogP contribution in [0.3, 0.4) is 0 Å². The van der Waals surface area contributed by atoms with Crippen molar-refractivity contribution in [1.29, 1.82) is 0 Å². The van der Waals surface area contributed by atoms with Gasteiger partial charge in [-0.3, -0.25) is 0 Å². The molecule has 3 nitrogen and oxygen atoms in total. The van der Waals surface area contributed by atoms with Crippen molar-refractivity contribution in [2.24, 2.45) is 5.73 Å². The highest BCUT2D eigenvalue weighted by Crippen LogP contribution is 2.29. The second kappa shape index (κ2) is 4.94. The molecule has 1 aliphatic rings. The van der Waals surface area contributed by atoms with Crippen molar-refractivity contribution >= 4 is 0 Å². The van der Waals surface area contributed by atoms with Crippen LogP contribution < -0.4 is 5.73 Å². The van der Waals surface area contributed by atoms with Crippen LogP contribution in [0.15, 0.2) is 28.9 Å². The molecule has 94 valence electrons. The maximum atomic E-state index is 5.61. The molecule has 0 saturated heterocycles.